The van der Waals surface area contributed by atoms with Crippen molar-refractivity contribution in [2.45, 2.75) is 20.0 Å². The predicted molar refractivity (Wildman–Crippen MR) is 70.0 cm³/mol. The van der Waals surface area contributed by atoms with Crippen LogP contribution in [0.15, 0.2) is 30.3 Å². The first kappa shape index (κ1) is 14.1. The average molecular weight is 285 g/mol. The Bertz CT molecular complexity index is 480. The van der Waals surface area contributed by atoms with Gasteiger partial charge >= 0.3 is 13.8 Å². The molecule has 104 valence electrons. The Morgan fingerprint density at radius 1 is 1.26 bits per heavy atom. The lowest BCUT2D eigenvalue weighted by molar-refractivity contribution is 0.124. The van der Waals surface area contributed by atoms with Crippen molar-refractivity contribution in [3.63, 3.8) is 0 Å². The molecule has 1 aromatic rings. The number of carbonyl (C=O) groups excluding carboxylic acids is 1. The van der Waals surface area contributed by atoms with Crippen LogP contribution in [0.25, 0.3) is 0 Å². The quantitative estimate of drug-likeness (QED) is 0.798. The average Bonchev–Trinajstić information content (AvgIpc) is 2.77. The van der Waals surface area contributed by atoms with Gasteiger partial charge in [0.2, 0.25) is 0 Å². The molecule has 6 nitrogen and oxygen atoms in total. The number of ether oxygens (including phenoxy) is 1. The van der Waals surface area contributed by atoms with Crippen molar-refractivity contribution in [3.8, 4) is 0 Å². The molecular weight excluding hydrogens is 269 g/mol. The molecule has 1 aromatic carbocycles. The Balaban J connectivity index is 2.34. The summed E-state index contributed by atoms with van der Waals surface area (Å²) in [5.41, 5.74) is 0.415. The highest BCUT2D eigenvalue weighted by atomic mass is 31.2. The minimum absolute atomic E-state index is 0.190. The number of nitrogens with zero attached hydrogens (tertiary/aromatic N) is 1. The summed E-state index contributed by atoms with van der Waals surface area (Å²) in [6.45, 7) is 3.81. The number of hydrogen-bond acceptors (Lipinski definition) is 5. The van der Waals surface area contributed by atoms with Crippen LogP contribution in [0.1, 0.15) is 13.8 Å². The van der Waals surface area contributed by atoms with Gasteiger partial charge in [-0.25, -0.2) is 9.36 Å². The van der Waals surface area contributed by atoms with E-state index in [1.807, 2.05) is 0 Å². The molecule has 2 rings (SSSR count). The van der Waals surface area contributed by atoms with E-state index in [0.717, 1.165) is 4.67 Å². The summed E-state index contributed by atoms with van der Waals surface area (Å²) < 4.78 is 28.8. The first-order valence-electron chi connectivity index (χ1n) is 5.98. The molecule has 0 N–H and O–H groups in total. The monoisotopic (exact) mass is 285 g/mol. The maximum absolute atomic E-state index is 12.5. The van der Waals surface area contributed by atoms with E-state index >= 15 is 0 Å². The summed E-state index contributed by atoms with van der Waals surface area (Å²) >= 11 is 0. The van der Waals surface area contributed by atoms with Crippen LogP contribution in [-0.2, 0) is 18.3 Å². The Labute approximate surface area is 111 Å². The molecule has 0 radical (unpaired) electrons. The SMILES string of the molecule is CC(C)OC(=O)N(c1ccccc1)P1(=O)OCCO1. The maximum atomic E-state index is 12.5. The first-order valence-corrected chi connectivity index (χ1v) is 7.48. The van der Waals surface area contributed by atoms with Gasteiger partial charge in [-0.05, 0) is 26.0 Å². The van der Waals surface area contributed by atoms with Crippen molar-refractivity contribution >= 4 is 19.5 Å². The number of rotatable bonds is 3. The van der Waals surface area contributed by atoms with Crippen LogP contribution in [0, 0.1) is 0 Å². The topological polar surface area (TPSA) is 65.1 Å². The summed E-state index contributed by atoms with van der Waals surface area (Å²) in [5.74, 6) is 0. The van der Waals surface area contributed by atoms with Gasteiger partial charge in [0.25, 0.3) is 0 Å². The second kappa shape index (κ2) is 5.74. The van der Waals surface area contributed by atoms with Crippen molar-refractivity contribution < 1.29 is 23.1 Å². The van der Waals surface area contributed by atoms with Crippen molar-refractivity contribution in [1.82, 2.24) is 0 Å². The zero-order valence-corrected chi connectivity index (χ0v) is 11.7. The van der Waals surface area contributed by atoms with Crippen LogP contribution in [0.3, 0.4) is 0 Å². The number of hydrogen-bond donors (Lipinski definition) is 0. The van der Waals surface area contributed by atoms with Crippen LogP contribution >= 0.6 is 7.75 Å². The molecule has 0 unspecified atom stereocenters. The van der Waals surface area contributed by atoms with E-state index in [9.17, 15) is 9.36 Å². The van der Waals surface area contributed by atoms with Gasteiger partial charge in [0.1, 0.15) is 0 Å². The molecule has 1 fully saturated rings. The lowest BCUT2D eigenvalue weighted by atomic mass is 10.3. The minimum Gasteiger partial charge on any atom is -0.446 e. The van der Waals surface area contributed by atoms with Crippen LogP contribution in [0.2, 0.25) is 0 Å². The van der Waals surface area contributed by atoms with Gasteiger partial charge < -0.3 is 4.74 Å². The van der Waals surface area contributed by atoms with Crippen molar-refractivity contribution in [1.29, 1.82) is 0 Å². The molecule has 0 bridgehead atoms. The third-order valence-corrected chi connectivity index (χ3v) is 4.25. The molecule has 7 heteroatoms. The van der Waals surface area contributed by atoms with E-state index in [1.54, 1.807) is 44.2 Å². The standard InChI is InChI=1S/C12H16NO5P/c1-10(2)18-12(14)13(11-6-4-3-5-7-11)19(15)16-8-9-17-19/h3-7,10H,8-9H2,1-2H3. The van der Waals surface area contributed by atoms with E-state index in [1.165, 1.54) is 0 Å². The van der Waals surface area contributed by atoms with Crippen LogP contribution in [-0.4, -0.2) is 25.4 Å². The van der Waals surface area contributed by atoms with E-state index < -0.39 is 13.8 Å². The second-order valence-electron chi connectivity index (χ2n) is 4.21. The lowest BCUT2D eigenvalue weighted by Crippen LogP contribution is -2.30. The molecule has 19 heavy (non-hydrogen) atoms. The van der Waals surface area contributed by atoms with Crippen LogP contribution in [0.4, 0.5) is 10.5 Å². The third kappa shape index (κ3) is 3.15. The second-order valence-corrected chi connectivity index (χ2v) is 6.07. The summed E-state index contributed by atoms with van der Waals surface area (Å²) in [6, 6.07) is 8.54. The smallest absolute Gasteiger partial charge is 0.444 e. The number of carbonyl (C=O) groups is 1. The zero-order valence-electron chi connectivity index (χ0n) is 10.8. The molecule has 1 saturated heterocycles. The van der Waals surface area contributed by atoms with Gasteiger partial charge in [0.05, 0.1) is 25.0 Å². The highest BCUT2D eigenvalue weighted by molar-refractivity contribution is 7.57. The van der Waals surface area contributed by atoms with Gasteiger partial charge in [0.15, 0.2) is 0 Å². The summed E-state index contributed by atoms with van der Waals surface area (Å²) in [7, 11) is -3.66. The van der Waals surface area contributed by atoms with Crippen molar-refractivity contribution in [3.05, 3.63) is 30.3 Å². The molecule has 1 amide bonds. The fraction of sp³-hybridized carbons (Fsp3) is 0.417. The predicted octanol–water partition coefficient (Wildman–Crippen LogP) is 3.19. The fourth-order valence-electron chi connectivity index (χ4n) is 1.63. The van der Waals surface area contributed by atoms with Gasteiger partial charge in [-0.1, -0.05) is 18.2 Å². The Hall–Kier alpha value is -1.36. The van der Waals surface area contributed by atoms with Crippen molar-refractivity contribution in [2.24, 2.45) is 0 Å². The normalized spacial score (nSPS) is 17.4. The van der Waals surface area contributed by atoms with Crippen LogP contribution < -0.4 is 4.67 Å². The van der Waals surface area contributed by atoms with E-state index in [4.69, 9.17) is 13.8 Å². The molecular formula is C12H16NO5P. The molecule has 0 aliphatic carbocycles. The Morgan fingerprint density at radius 3 is 2.37 bits per heavy atom. The summed E-state index contributed by atoms with van der Waals surface area (Å²) in [6.07, 6.45) is -1.07. The molecule has 1 heterocycles. The third-order valence-electron chi connectivity index (χ3n) is 2.35. The zero-order chi connectivity index (χ0) is 13.9. The molecule has 0 spiro atoms. The van der Waals surface area contributed by atoms with E-state index in [2.05, 4.69) is 0 Å². The van der Waals surface area contributed by atoms with E-state index in [0.29, 0.717) is 5.69 Å². The minimum atomic E-state index is -3.66. The highest BCUT2D eigenvalue weighted by Crippen LogP contribution is 2.57. The van der Waals surface area contributed by atoms with E-state index in [-0.39, 0.29) is 19.3 Å². The number of benzene rings is 1. The first-order chi connectivity index (χ1) is 9.03. The Kier molecular flexibility index (Phi) is 4.24. The number of para-hydroxylation sites is 1. The summed E-state index contributed by atoms with van der Waals surface area (Å²) in [5, 5.41) is 0. The molecule has 1 aliphatic rings. The molecule has 0 saturated carbocycles. The maximum Gasteiger partial charge on any atom is 0.444 e. The molecule has 0 atom stereocenters. The van der Waals surface area contributed by atoms with Crippen molar-refractivity contribution in [2.75, 3.05) is 17.9 Å². The largest absolute Gasteiger partial charge is 0.446 e. The number of amides is 1. The molecule has 0 aromatic heterocycles. The fourth-order valence-corrected chi connectivity index (χ4v) is 3.20. The number of anilines is 1. The summed E-state index contributed by atoms with van der Waals surface area (Å²) in [4.78, 5) is 12.1. The molecule has 1 aliphatic heterocycles. The van der Waals surface area contributed by atoms with Gasteiger partial charge in [-0.2, -0.15) is 4.67 Å². The van der Waals surface area contributed by atoms with Crippen LogP contribution in [0.5, 0.6) is 0 Å². The lowest BCUT2D eigenvalue weighted by Gasteiger charge is -2.26. The van der Waals surface area contributed by atoms with Gasteiger partial charge in [-0.15, -0.1) is 0 Å². The van der Waals surface area contributed by atoms with Gasteiger partial charge in [-0.3, -0.25) is 9.05 Å². The highest BCUT2D eigenvalue weighted by Gasteiger charge is 2.43. The van der Waals surface area contributed by atoms with Gasteiger partial charge in [0, 0.05) is 0 Å². The Morgan fingerprint density at radius 2 is 1.84 bits per heavy atom.